The second kappa shape index (κ2) is 4.47. The smallest absolute Gasteiger partial charge is 0.140 e. The minimum Gasteiger partial charge on any atom is -0.379 e. The molecule has 0 aromatic carbocycles. The Morgan fingerprint density at radius 3 is 2.75 bits per heavy atom. The zero-order valence-electron chi connectivity index (χ0n) is 9.94. The molecule has 2 heterocycles. The molecule has 2 rings (SSSR count). The van der Waals surface area contributed by atoms with E-state index in [1.807, 2.05) is 12.3 Å². The number of nitrogens with two attached hydrogens (primary N) is 1. The van der Waals surface area contributed by atoms with Crippen LogP contribution in [0.3, 0.4) is 0 Å². The van der Waals surface area contributed by atoms with E-state index >= 15 is 0 Å². The molecular formula is C12H19N3O. The van der Waals surface area contributed by atoms with E-state index in [2.05, 4.69) is 23.8 Å². The first kappa shape index (κ1) is 11.5. The second-order valence-electron chi connectivity index (χ2n) is 4.95. The van der Waals surface area contributed by atoms with Crippen molar-refractivity contribution in [1.82, 2.24) is 9.97 Å². The molecular weight excluding hydrogens is 202 g/mol. The highest BCUT2D eigenvalue weighted by molar-refractivity contribution is 5.16. The lowest BCUT2D eigenvalue weighted by Gasteiger charge is -2.38. The summed E-state index contributed by atoms with van der Waals surface area (Å²) in [6.45, 7) is 6.22. The Kier molecular flexibility index (Phi) is 3.21. The van der Waals surface area contributed by atoms with Gasteiger partial charge in [0.2, 0.25) is 0 Å². The largest absolute Gasteiger partial charge is 0.379 e. The van der Waals surface area contributed by atoms with Crippen LogP contribution in [0.2, 0.25) is 0 Å². The standard InChI is InChI=1S/C12H19N3O/c1-9(2)5-10-3-4-14-11(15-10)12(6-13)7-16-8-12/h3-4,9H,5-8,13H2,1-2H3. The first-order valence-electron chi connectivity index (χ1n) is 5.76. The average molecular weight is 221 g/mol. The van der Waals surface area contributed by atoms with Crippen molar-refractivity contribution in [3.8, 4) is 0 Å². The zero-order chi connectivity index (χ0) is 11.6. The second-order valence-corrected chi connectivity index (χ2v) is 4.95. The number of hydrogen-bond acceptors (Lipinski definition) is 4. The van der Waals surface area contributed by atoms with Crippen molar-refractivity contribution in [3.63, 3.8) is 0 Å². The van der Waals surface area contributed by atoms with Gasteiger partial charge in [-0.25, -0.2) is 9.97 Å². The maximum absolute atomic E-state index is 5.79. The molecule has 0 amide bonds. The van der Waals surface area contributed by atoms with Crippen molar-refractivity contribution in [2.45, 2.75) is 25.7 Å². The topological polar surface area (TPSA) is 61.0 Å². The maximum atomic E-state index is 5.79. The van der Waals surface area contributed by atoms with E-state index in [9.17, 15) is 0 Å². The van der Waals surface area contributed by atoms with Gasteiger partial charge in [-0.2, -0.15) is 0 Å². The van der Waals surface area contributed by atoms with Gasteiger partial charge in [-0.3, -0.25) is 0 Å². The molecule has 0 radical (unpaired) electrons. The molecule has 1 aliphatic rings. The highest BCUT2D eigenvalue weighted by Crippen LogP contribution is 2.28. The fourth-order valence-corrected chi connectivity index (χ4v) is 1.87. The van der Waals surface area contributed by atoms with Crippen molar-refractivity contribution in [1.29, 1.82) is 0 Å². The molecule has 4 heteroatoms. The van der Waals surface area contributed by atoms with Gasteiger partial charge < -0.3 is 10.5 Å². The summed E-state index contributed by atoms with van der Waals surface area (Å²) in [5, 5.41) is 0. The predicted molar refractivity (Wildman–Crippen MR) is 62.1 cm³/mol. The minimum atomic E-state index is -0.132. The normalized spacial score (nSPS) is 18.5. The Morgan fingerprint density at radius 1 is 1.50 bits per heavy atom. The van der Waals surface area contributed by atoms with Crippen LogP contribution in [-0.4, -0.2) is 29.7 Å². The summed E-state index contributed by atoms with van der Waals surface area (Å²) in [6.07, 6.45) is 2.81. The highest BCUT2D eigenvalue weighted by Gasteiger charge is 2.41. The van der Waals surface area contributed by atoms with E-state index in [0.29, 0.717) is 25.7 Å². The van der Waals surface area contributed by atoms with Crippen molar-refractivity contribution in [2.24, 2.45) is 11.7 Å². The van der Waals surface area contributed by atoms with Crippen molar-refractivity contribution >= 4 is 0 Å². The van der Waals surface area contributed by atoms with Gasteiger partial charge in [0.1, 0.15) is 5.82 Å². The van der Waals surface area contributed by atoms with Crippen LogP contribution in [0.4, 0.5) is 0 Å². The summed E-state index contributed by atoms with van der Waals surface area (Å²) < 4.78 is 5.24. The molecule has 1 aliphatic heterocycles. The summed E-state index contributed by atoms with van der Waals surface area (Å²) in [4.78, 5) is 8.95. The first-order chi connectivity index (χ1) is 7.66. The van der Waals surface area contributed by atoms with Crippen LogP contribution in [0.15, 0.2) is 12.3 Å². The van der Waals surface area contributed by atoms with Crippen LogP contribution in [0.1, 0.15) is 25.4 Å². The molecule has 1 aromatic heterocycles. The molecule has 1 fully saturated rings. The van der Waals surface area contributed by atoms with E-state index in [1.165, 1.54) is 0 Å². The molecule has 16 heavy (non-hydrogen) atoms. The summed E-state index contributed by atoms with van der Waals surface area (Å²) in [5.74, 6) is 1.45. The fourth-order valence-electron chi connectivity index (χ4n) is 1.87. The number of nitrogens with zero attached hydrogens (tertiary/aromatic N) is 2. The van der Waals surface area contributed by atoms with Gasteiger partial charge >= 0.3 is 0 Å². The van der Waals surface area contributed by atoms with Gasteiger partial charge in [0, 0.05) is 18.4 Å². The van der Waals surface area contributed by atoms with E-state index in [4.69, 9.17) is 10.5 Å². The van der Waals surface area contributed by atoms with Gasteiger partial charge in [-0.1, -0.05) is 13.8 Å². The maximum Gasteiger partial charge on any atom is 0.140 e. The SMILES string of the molecule is CC(C)Cc1ccnc(C2(CN)COC2)n1. The first-order valence-corrected chi connectivity index (χ1v) is 5.76. The fraction of sp³-hybridized carbons (Fsp3) is 0.667. The third-order valence-corrected chi connectivity index (χ3v) is 2.95. The summed E-state index contributed by atoms with van der Waals surface area (Å²) in [7, 11) is 0. The number of hydrogen-bond donors (Lipinski definition) is 1. The third kappa shape index (κ3) is 2.08. The molecule has 0 unspecified atom stereocenters. The number of rotatable bonds is 4. The van der Waals surface area contributed by atoms with Crippen molar-refractivity contribution in [2.75, 3.05) is 19.8 Å². The lowest BCUT2D eigenvalue weighted by atomic mass is 9.85. The van der Waals surface area contributed by atoms with Crippen LogP contribution in [0.25, 0.3) is 0 Å². The Balaban J connectivity index is 2.21. The van der Waals surface area contributed by atoms with Gasteiger partial charge in [0.15, 0.2) is 0 Å². The predicted octanol–water partition coefficient (Wildman–Crippen LogP) is 0.902. The molecule has 0 bridgehead atoms. The Bertz CT molecular complexity index is 356. The minimum absolute atomic E-state index is 0.132. The molecule has 1 saturated heterocycles. The van der Waals surface area contributed by atoms with E-state index in [0.717, 1.165) is 17.9 Å². The quantitative estimate of drug-likeness (QED) is 0.820. The summed E-state index contributed by atoms with van der Waals surface area (Å²) >= 11 is 0. The highest BCUT2D eigenvalue weighted by atomic mass is 16.5. The lowest BCUT2D eigenvalue weighted by molar-refractivity contribution is -0.0594. The third-order valence-electron chi connectivity index (χ3n) is 2.95. The summed E-state index contributed by atoms with van der Waals surface area (Å²) in [6, 6.07) is 1.98. The van der Waals surface area contributed by atoms with Gasteiger partial charge in [-0.05, 0) is 18.4 Å². The van der Waals surface area contributed by atoms with Crippen LogP contribution in [0, 0.1) is 5.92 Å². The van der Waals surface area contributed by atoms with E-state index < -0.39 is 0 Å². The van der Waals surface area contributed by atoms with Gasteiger partial charge in [0.05, 0.1) is 18.6 Å². The van der Waals surface area contributed by atoms with E-state index in [-0.39, 0.29) is 5.41 Å². The van der Waals surface area contributed by atoms with Crippen LogP contribution < -0.4 is 5.73 Å². The number of ether oxygens (including phenoxy) is 1. The molecule has 1 aromatic rings. The Morgan fingerprint density at radius 2 is 2.25 bits per heavy atom. The van der Waals surface area contributed by atoms with Gasteiger partial charge in [0.25, 0.3) is 0 Å². The molecule has 0 saturated carbocycles. The van der Waals surface area contributed by atoms with Crippen LogP contribution in [0.5, 0.6) is 0 Å². The van der Waals surface area contributed by atoms with Gasteiger partial charge in [-0.15, -0.1) is 0 Å². The number of aromatic nitrogens is 2. The van der Waals surface area contributed by atoms with Crippen molar-refractivity contribution < 1.29 is 4.74 Å². The van der Waals surface area contributed by atoms with Crippen LogP contribution in [-0.2, 0) is 16.6 Å². The average Bonchev–Trinajstić information content (AvgIpc) is 2.16. The molecule has 88 valence electrons. The summed E-state index contributed by atoms with van der Waals surface area (Å²) in [5.41, 5.74) is 6.76. The van der Waals surface area contributed by atoms with E-state index in [1.54, 1.807) is 0 Å². The lowest BCUT2D eigenvalue weighted by Crippen LogP contribution is -2.53. The molecule has 0 atom stereocenters. The molecule has 0 spiro atoms. The molecule has 4 nitrogen and oxygen atoms in total. The Hall–Kier alpha value is -1.00. The molecule has 0 aliphatic carbocycles. The molecule has 2 N–H and O–H groups in total. The van der Waals surface area contributed by atoms with Crippen LogP contribution >= 0.6 is 0 Å². The van der Waals surface area contributed by atoms with Crippen molar-refractivity contribution in [3.05, 3.63) is 23.8 Å². The monoisotopic (exact) mass is 221 g/mol. The Labute approximate surface area is 96.2 Å². The zero-order valence-corrected chi connectivity index (χ0v) is 9.94.